The highest BCUT2D eigenvalue weighted by molar-refractivity contribution is 5.27. The molecule has 4 nitrogen and oxygen atoms in total. The van der Waals surface area contributed by atoms with Crippen LogP contribution in [0.4, 0.5) is 0 Å². The first-order valence-electron chi connectivity index (χ1n) is 4.01. The standard InChI is InChI=1S/C9H13NO3/c1-6(10-13)9(12)7-2-4-8(11)5-3-7/h2-6,9-13H,1H3/t6-,9-/m0/s1. The molecule has 0 fully saturated rings. The van der Waals surface area contributed by atoms with E-state index >= 15 is 0 Å². The summed E-state index contributed by atoms with van der Waals surface area (Å²) in [4.78, 5) is 0. The molecule has 1 aromatic carbocycles. The molecule has 2 atom stereocenters. The van der Waals surface area contributed by atoms with Crippen LogP contribution in [0.5, 0.6) is 5.75 Å². The number of aromatic hydroxyl groups is 1. The van der Waals surface area contributed by atoms with Crippen molar-refractivity contribution in [2.45, 2.75) is 19.1 Å². The fourth-order valence-electron chi connectivity index (χ4n) is 1.03. The molecule has 0 heterocycles. The van der Waals surface area contributed by atoms with Gasteiger partial charge in [0, 0.05) is 0 Å². The summed E-state index contributed by atoms with van der Waals surface area (Å²) in [5, 5.41) is 27.1. The van der Waals surface area contributed by atoms with E-state index in [1.807, 2.05) is 5.48 Å². The van der Waals surface area contributed by atoms with E-state index < -0.39 is 12.1 Å². The highest BCUT2D eigenvalue weighted by Gasteiger charge is 2.14. The highest BCUT2D eigenvalue weighted by atomic mass is 16.5. The van der Waals surface area contributed by atoms with Crippen LogP contribution in [-0.2, 0) is 0 Å². The van der Waals surface area contributed by atoms with E-state index in [4.69, 9.17) is 10.3 Å². The number of nitrogens with one attached hydrogen (secondary N) is 1. The summed E-state index contributed by atoms with van der Waals surface area (Å²) in [5.74, 6) is 0.153. The molecule has 0 aliphatic heterocycles. The first-order valence-corrected chi connectivity index (χ1v) is 4.01. The van der Waals surface area contributed by atoms with Gasteiger partial charge in [-0.3, -0.25) is 0 Å². The van der Waals surface area contributed by atoms with Crippen LogP contribution in [0.15, 0.2) is 24.3 Å². The second-order valence-corrected chi connectivity index (χ2v) is 2.95. The minimum atomic E-state index is -0.786. The molecule has 4 N–H and O–H groups in total. The molecule has 0 aliphatic carbocycles. The molecule has 4 heteroatoms. The molecule has 0 aromatic heterocycles. The number of rotatable bonds is 3. The molecule has 0 aliphatic rings. The average Bonchev–Trinajstić information content (AvgIpc) is 2.17. The van der Waals surface area contributed by atoms with Crippen LogP contribution in [-0.4, -0.2) is 21.5 Å². The molecule has 0 saturated carbocycles. The number of benzene rings is 1. The van der Waals surface area contributed by atoms with Gasteiger partial charge in [0.2, 0.25) is 0 Å². The van der Waals surface area contributed by atoms with Gasteiger partial charge in [-0.2, -0.15) is 5.48 Å². The van der Waals surface area contributed by atoms with Crippen molar-refractivity contribution < 1.29 is 15.4 Å². The second-order valence-electron chi connectivity index (χ2n) is 2.95. The maximum Gasteiger partial charge on any atom is 0.115 e. The van der Waals surface area contributed by atoms with Gasteiger partial charge in [-0.1, -0.05) is 12.1 Å². The monoisotopic (exact) mass is 183 g/mol. The number of aliphatic hydroxyl groups is 1. The van der Waals surface area contributed by atoms with Crippen LogP contribution >= 0.6 is 0 Å². The number of phenols is 1. The lowest BCUT2D eigenvalue weighted by Gasteiger charge is -2.17. The van der Waals surface area contributed by atoms with Gasteiger partial charge in [0.15, 0.2) is 0 Å². The predicted octanol–water partition coefficient (Wildman–Crippen LogP) is 0.793. The van der Waals surface area contributed by atoms with E-state index in [-0.39, 0.29) is 5.75 Å². The molecule has 0 spiro atoms. The Morgan fingerprint density at radius 1 is 1.23 bits per heavy atom. The third-order valence-electron chi connectivity index (χ3n) is 1.91. The Kier molecular flexibility index (Phi) is 3.25. The largest absolute Gasteiger partial charge is 0.508 e. The van der Waals surface area contributed by atoms with Crippen LogP contribution in [0.25, 0.3) is 0 Å². The minimum absolute atomic E-state index is 0.153. The molecular weight excluding hydrogens is 170 g/mol. The summed E-state index contributed by atoms with van der Waals surface area (Å²) in [6.07, 6.45) is -0.786. The number of hydroxylamine groups is 1. The number of aliphatic hydroxyl groups excluding tert-OH is 1. The molecular formula is C9H13NO3. The Balaban J connectivity index is 2.77. The summed E-state index contributed by atoms with van der Waals surface area (Å²) in [6, 6.07) is 5.75. The second kappa shape index (κ2) is 4.23. The van der Waals surface area contributed by atoms with Crippen molar-refractivity contribution >= 4 is 0 Å². The highest BCUT2D eigenvalue weighted by Crippen LogP contribution is 2.18. The van der Waals surface area contributed by atoms with E-state index in [0.717, 1.165) is 0 Å². The fraction of sp³-hybridized carbons (Fsp3) is 0.333. The summed E-state index contributed by atoms with van der Waals surface area (Å²) >= 11 is 0. The SMILES string of the molecule is C[C@H](NO)[C@H](O)c1ccc(O)cc1. The van der Waals surface area contributed by atoms with Crippen molar-refractivity contribution in [3.63, 3.8) is 0 Å². The Bertz CT molecular complexity index is 260. The van der Waals surface area contributed by atoms with Crippen molar-refractivity contribution in [3.05, 3.63) is 29.8 Å². The topological polar surface area (TPSA) is 72.7 Å². The molecule has 0 bridgehead atoms. The number of phenolic OH excluding ortho intramolecular Hbond substituents is 1. The smallest absolute Gasteiger partial charge is 0.115 e. The van der Waals surface area contributed by atoms with Gasteiger partial charge in [-0.25, -0.2) is 0 Å². The predicted molar refractivity (Wildman–Crippen MR) is 47.5 cm³/mol. The Morgan fingerprint density at radius 3 is 2.23 bits per heavy atom. The van der Waals surface area contributed by atoms with E-state index in [1.54, 1.807) is 19.1 Å². The van der Waals surface area contributed by atoms with Crippen molar-refractivity contribution in [2.24, 2.45) is 0 Å². The van der Waals surface area contributed by atoms with Gasteiger partial charge >= 0.3 is 0 Å². The fourth-order valence-corrected chi connectivity index (χ4v) is 1.03. The van der Waals surface area contributed by atoms with Crippen molar-refractivity contribution in [3.8, 4) is 5.75 Å². The number of hydrogen-bond donors (Lipinski definition) is 4. The summed E-state index contributed by atoms with van der Waals surface area (Å²) < 4.78 is 0. The normalized spacial score (nSPS) is 15.3. The van der Waals surface area contributed by atoms with Crippen LogP contribution in [0.3, 0.4) is 0 Å². The van der Waals surface area contributed by atoms with Gasteiger partial charge in [0.25, 0.3) is 0 Å². The van der Waals surface area contributed by atoms with Crippen molar-refractivity contribution in [1.82, 2.24) is 5.48 Å². The van der Waals surface area contributed by atoms with Crippen molar-refractivity contribution in [2.75, 3.05) is 0 Å². The lowest BCUT2D eigenvalue weighted by molar-refractivity contribution is 0.0471. The van der Waals surface area contributed by atoms with E-state index in [2.05, 4.69) is 0 Å². The molecule has 13 heavy (non-hydrogen) atoms. The molecule has 0 radical (unpaired) electrons. The quantitative estimate of drug-likeness (QED) is 0.523. The minimum Gasteiger partial charge on any atom is -0.508 e. The summed E-state index contributed by atoms with van der Waals surface area (Å²) in [6.45, 7) is 1.65. The van der Waals surface area contributed by atoms with Gasteiger partial charge < -0.3 is 15.4 Å². The molecule has 1 aromatic rings. The lowest BCUT2D eigenvalue weighted by atomic mass is 10.0. The zero-order valence-corrected chi connectivity index (χ0v) is 7.31. The molecule has 1 rings (SSSR count). The summed E-state index contributed by atoms with van der Waals surface area (Å²) in [5.41, 5.74) is 2.61. The lowest BCUT2D eigenvalue weighted by Crippen LogP contribution is -2.29. The van der Waals surface area contributed by atoms with E-state index in [0.29, 0.717) is 5.56 Å². The van der Waals surface area contributed by atoms with Crippen LogP contribution in [0, 0.1) is 0 Å². The zero-order valence-electron chi connectivity index (χ0n) is 7.31. The molecule has 0 unspecified atom stereocenters. The molecule has 0 saturated heterocycles. The Labute approximate surface area is 76.4 Å². The first-order chi connectivity index (χ1) is 6.15. The zero-order chi connectivity index (χ0) is 9.84. The molecule has 0 amide bonds. The van der Waals surface area contributed by atoms with Gasteiger partial charge in [0.1, 0.15) is 5.75 Å². The third-order valence-corrected chi connectivity index (χ3v) is 1.91. The van der Waals surface area contributed by atoms with E-state index in [9.17, 15) is 5.11 Å². The van der Waals surface area contributed by atoms with Crippen LogP contribution in [0.2, 0.25) is 0 Å². The molecule has 72 valence electrons. The van der Waals surface area contributed by atoms with Gasteiger partial charge in [-0.15, -0.1) is 0 Å². The maximum absolute atomic E-state index is 9.58. The van der Waals surface area contributed by atoms with E-state index in [1.165, 1.54) is 12.1 Å². The van der Waals surface area contributed by atoms with Crippen LogP contribution in [0.1, 0.15) is 18.6 Å². The van der Waals surface area contributed by atoms with Gasteiger partial charge in [-0.05, 0) is 24.6 Å². The average molecular weight is 183 g/mol. The summed E-state index contributed by atoms with van der Waals surface area (Å²) in [7, 11) is 0. The Hall–Kier alpha value is -1.10. The first kappa shape index (κ1) is 9.98. The maximum atomic E-state index is 9.58. The number of hydrogen-bond acceptors (Lipinski definition) is 4. The van der Waals surface area contributed by atoms with Gasteiger partial charge in [0.05, 0.1) is 12.1 Å². The van der Waals surface area contributed by atoms with Crippen LogP contribution < -0.4 is 5.48 Å². The Morgan fingerprint density at radius 2 is 1.77 bits per heavy atom. The van der Waals surface area contributed by atoms with Crippen molar-refractivity contribution in [1.29, 1.82) is 0 Å². The third kappa shape index (κ3) is 2.42.